The quantitative estimate of drug-likeness (QED) is 0.812. The van der Waals surface area contributed by atoms with Crippen LogP contribution in [-0.2, 0) is 11.2 Å². The molecule has 154 valence electrons. The Bertz CT molecular complexity index is 703. The number of piperidine rings is 2. The number of ether oxygens (including phenoxy) is 2. The van der Waals surface area contributed by atoms with Crippen molar-refractivity contribution < 1.29 is 14.3 Å². The van der Waals surface area contributed by atoms with Crippen molar-refractivity contribution >= 4 is 5.91 Å². The van der Waals surface area contributed by atoms with Crippen molar-refractivity contribution in [1.82, 2.24) is 15.5 Å². The van der Waals surface area contributed by atoms with Crippen molar-refractivity contribution in [3.05, 3.63) is 23.3 Å². The number of methoxy groups -OCH3 is 2. The first-order chi connectivity index (χ1) is 13.7. The van der Waals surface area contributed by atoms with E-state index in [1.807, 2.05) is 0 Å². The van der Waals surface area contributed by atoms with Crippen molar-refractivity contribution in [3.63, 3.8) is 0 Å². The molecule has 6 nitrogen and oxygen atoms in total. The second-order valence-corrected chi connectivity index (χ2v) is 8.39. The summed E-state index contributed by atoms with van der Waals surface area (Å²) in [5.41, 5.74) is 2.68. The summed E-state index contributed by atoms with van der Waals surface area (Å²) in [6.45, 7) is 4.20. The largest absolute Gasteiger partial charge is 0.493 e. The minimum atomic E-state index is 0.230. The highest BCUT2D eigenvalue weighted by Gasteiger charge is 2.35. The average Bonchev–Trinajstić information content (AvgIpc) is 2.73. The molecule has 4 rings (SSSR count). The van der Waals surface area contributed by atoms with E-state index in [1.165, 1.54) is 11.1 Å². The van der Waals surface area contributed by atoms with Gasteiger partial charge in [-0.05, 0) is 74.4 Å². The van der Waals surface area contributed by atoms with E-state index in [-0.39, 0.29) is 11.9 Å². The number of nitrogens with one attached hydrogen (secondary N) is 2. The molecule has 28 heavy (non-hydrogen) atoms. The van der Waals surface area contributed by atoms with Crippen LogP contribution in [0.25, 0.3) is 0 Å². The number of fused-ring (bicyclic) bond motifs is 3. The van der Waals surface area contributed by atoms with E-state index in [2.05, 4.69) is 27.7 Å². The zero-order valence-electron chi connectivity index (χ0n) is 17.1. The lowest BCUT2D eigenvalue weighted by molar-refractivity contribution is -0.123. The third kappa shape index (κ3) is 4.13. The Labute approximate surface area is 168 Å². The van der Waals surface area contributed by atoms with E-state index in [0.29, 0.717) is 18.4 Å². The van der Waals surface area contributed by atoms with E-state index >= 15 is 0 Å². The molecule has 3 aliphatic rings. The molecule has 2 N–H and O–H groups in total. The maximum absolute atomic E-state index is 12.6. The smallest absolute Gasteiger partial charge is 0.220 e. The van der Waals surface area contributed by atoms with Gasteiger partial charge in [0.2, 0.25) is 5.91 Å². The van der Waals surface area contributed by atoms with Gasteiger partial charge in [0.25, 0.3) is 0 Å². The monoisotopic (exact) mass is 387 g/mol. The Morgan fingerprint density at radius 2 is 1.89 bits per heavy atom. The minimum absolute atomic E-state index is 0.230. The van der Waals surface area contributed by atoms with Crippen molar-refractivity contribution in [3.8, 4) is 11.5 Å². The zero-order valence-corrected chi connectivity index (χ0v) is 17.1. The summed E-state index contributed by atoms with van der Waals surface area (Å²) in [7, 11) is 3.38. The highest BCUT2D eigenvalue weighted by Crippen LogP contribution is 2.41. The topological polar surface area (TPSA) is 62.8 Å². The van der Waals surface area contributed by atoms with Crippen LogP contribution in [-0.4, -0.2) is 57.2 Å². The van der Waals surface area contributed by atoms with Crippen molar-refractivity contribution in [2.24, 2.45) is 5.92 Å². The molecule has 0 aliphatic carbocycles. The fourth-order valence-electron chi connectivity index (χ4n) is 5.10. The summed E-state index contributed by atoms with van der Waals surface area (Å²) < 4.78 is 11.0. The summed E-state index contributed by atoms with van der Waals surface area (Å²) in [5.74, 6) is 2.36. The molecule has 0 aromatic heterocycles. The Balaban J connectivity index is 1.43. The van der Waals surface area contributed by atoms with E-state index in [9.17, 15) is 4.79 Å². The Kier molecular flexibility index (Phi) is 6.07. The Morgan fingerprint density at radius 3 is 2.64 bits per heavy atom. The maximum atomic E-state index is 12.6. The number of nitrogens with zero attached hydrogens (tertiary/aromatic N) is 1. The van der Waals surface area contributed by atoms with Gasteiger partial charge in [-0.25, -0.2) is 0 Å². The van der Waals surface area contributed by atoms with Crippen molar-refractivity contribution in [1.29, 1.82) is 0 Å². The van der Waals surface area contributed by atoms with Crippen LogP contribution in [0.4, 0.5) is 0 Å². The molecule has 0 bridgehead atoms. The van der Waals surface area contributed by atoms with Gasteiger partial charge in [0, 0.05) is 31.6 Å². The number of carbonyl (C=O) groups is 1. The molecule has 3 aliphatic heterocycles. The second-order valence-electron chi connectivity index (χ2n) is 8.39. The minimum Gasteiger partial charge on any atom is -0.493 e. The predicted octanol–water partition coefficient (Wildman–Crippen LogP) is 2.27. The first-order valence-electron chi connectivity index (χ1n) is 10.7. The Hall–Kier alpha value is -1.79. The molecule has 0 radical (unpaired) electrons. The SMILES string of the molecule is COc1cc2c(cc1OC)C1CC(NC(=O)CC3CCNCC3)CCN1CC2. The molecule has 1 aromatic carbocycles. The molecule has 1 amide bonds. The predicted molar refractivity (Wildman–Crippen MR) is 109 cm³/mol. The van der Waals surface area contributed by atoms with Crippen LogP contribution < -0.4 is 20.1 Å². The summed E-state index contributed by atoms with van der Waals surface area (Å²) in [6.07, 6.45) is 5.96. The number of carbonyl (C=O) groups excluding carboxylic acids is 1. The van der Waals surface area contributed by atoms with Gasteiger partial charge >= 0.3 is 0 Å². The van der Waals surface area contributed by atoms with E-state index < -0.39 is 0 Å². The molecule has 2 unspecified atom stereocenters. The van der Waals surface area contributed by atoms with Crippen LogP contribution in [0.5, 0.6) is 11.5 Å². The first-order valence-corrected chi connectivity index (χ1v) is 10.7. The summed E-state index contributed by atoms with van der Waals surface area (Å²) in [6, 6.07) is 4.88. The fraction of sp³-hybridized carbons (Fsp3) is 0.682. The molecule has 6 heteroatoms. The third-order valence-corrected chi connectivity index (χ3v) is 6.68. The van der Waals surface area contributed by atoms with Crippen LogP contribution in [0.1, 0.15) is 49.3 Å². The molecule has 2 fully saturated rings. The number of benzene rings is 1. The third-order valence-electron chi connectivity index (χ3n) is 6.68. The van der Waals surface area contributed by atoms with Crippen molar-refractivity contribution in [2.75, 3.05) is 40.4 Å². The van der Waals surface area contributed by atoms with Crippen molar-refractivity contribution in [2.45, 2.75) is 50.6 Å². The standard InChI is InChI=1S/C22H33N3O3/c1-27-20-12-16-5-9-25-10-6-17(13-19(25)18(16)14-21(20)28-2)24-22(26)11-15-3-7-23-8-4-15/h12,14-15,17,19,23H,3-11,13H2,1-2H3,(H,24,26). The highest BCUT2D eigenvalue weighted by atomic mass is 16.5. The molecule has 0 saturated carbocycles. The van der Waals surface area contributed by atoms with Crippen LogP contribution >= 0.6 is 0 Å². The molecule has 0 spiro atoms. The van der Waals surface area contributed by atoms with Crippen LogP contribution in [0.2, 0.25) is 0 Å². The van der Waals surface area contributed by atoms with Crippen LogP contribution in [0, 0.1) is 5.92 Å². The van der Waals surface area contributed by atoms with Gasteiger partial charge in [-0.2, -0.15) is 0 Å². The zero-order chi connectivity index (χ0) is 19.5. The normalized spacial score (nSPS) is 25.5. The molecule has 2 saturated heterocycles. The lowest BCUT2D eigenvalue weighted by Gasteiger charge is -2.43. The van der Waals surface area contributed by atoms with Crippen LogP contribution in [0.3, 0.4) is 0 Å². The lowest BCUT2D eigenvalue weighted by atomic mass is 9.84. The van der Waals surface area contributed by atoms with Gasteiger partial charge in [0.1, 0.15) is 0 Å². The van der Waals surface area contributed by atoms with Gasteiger partial charge in [0.15, 0.2) is 11.5 Å². The highest BCUT2D eigenvalue weighted by molar-refractivity contribution is 5.76. The second kappa shape index (κ2) is 8.70. The van der Waals surface area contributed by atoms with Crippen LogP contribution in [0.15, 0.2) is 12.1 Å². The lowest BCUT2D eigenvalue weighted by Crippen LogP contribution is -2.48. The summed E-state index contributed by atoms with van der Waals surface area (Å²) in [5, 5.41) is 6.71. The molecular formula is C22H33N3O3. The number of amides is 1. The summed E-state index contributed by atoms with van der Waals surface area (Å²) >= 11 is 0. The maximum Gasteiger partial charge on any atom is 0.220 e. The van der Waals surface area contributed by atoms with E-state index in [4.69, 9.17) is 9.47 Å². The van der Waals surface area contributed by atoms with Gasteiger partial charge in [0.05, 0.1) is 14.2 Å². The summed E-state index contributed by atoms with van der Waals surface area (Å²) in [4.78, 5) is 15.1. The number of rotatable bonds is 5. The van der Waals surface area contributed by atoms with Gasteiger partial charge in [-0.15, -0.1) is 0 Å². The van der Waals surface area contributed by atoms with Gasteiger partial charge < -0.3 is 20.1 Å². The fourth-order valence-corrected chi connectivity index (χ4v) is 5.10. The van der Waals surface area contributed by atoms with Gasteiger partial charge in [-0.1, -0.05) is 0 Å². The molecule has 3 heterocycles. The number of hydrogen-bond donors (Lipinski definition) is 2. The van der Waals surface area contributed by atoms with E-state index in [1.54, 1.807) is 14.2 Å². The average molecular weight is 388 g/mol. The van der Waals surface area contributed by atoms with Gasteiger partial charge in [-0.3, -0.25) is 9.69 Å². The number of hydrogen-bond acceptors (Lipinski definition) is 5. The molecule has 1 aromatic rings. The first kappa shape index (κ1) is 19.5. The van der Waals surface area contributed by atoms with E-state index in [0.717, 1.165) is 69.8 Å². The molecular weight excluding hydrogens is 354 g/mol. The Morgan fingerprint density at radius 1 is 1.14 bits per heavy atom. The molecule has 2 atom stereocenters.